The molecular weight excluding hydrogens is 462 g/mol. The highest BCUT2D eigenvalue weighted by atomic mass is 79.9. The van der Waals surface area contributed by atoms with Crippen molar-refractivity contribution in [2.24, 2.45) is 0 Å². The summed E-state index contributed by atoms with van der Waals surface area (Å²) < 4.78 is 6.53. The maximum atomic E-state index is 13.2. The maximum Gasteiger partial charge on any atom is 0.415 e. The lowest BCUT2D eigenvalue weighted by Gasteiger charge is -2.33. The van der Waals surface area contributed by atoms with Crippen molar-refractivity contribution in [3.05, 3.63) is 58.1 Å². The maximum absolute atomic E-state index is 13.2. The number of nitriles is 1. The van der Waals surface area contributed by atoms with Crippen molar-refractivity contribution in [2.45, 2.75) is 38.3 Å². The van der Waals surface area contributed by atoms with E-state index in [4.69, 9.17) is 4.74 Å². The number of carbonyl (C=O) groups is 2. The monoisotopic (exact) mass is 485 g/mol. The standard InChI is InChI=1S/C23H24BrN3O4/c1-23(2,3)31-22(30)27-18-11-14(12-25)5-10-17(18)20(21(28)29)19(27)13-26(4)16-8-6-15(24)7-9-16/h5-11,19-20H,13H2,1-4H3,(H,28,29). The van der Waals surface area contributed by atoms with Gasteiger partial charge >= 0.3 is 12.1 Å². The molecule has 7 nitrogen and oxygen atoms in total. The number of carboxylic acid groups (broad SMARTS) is 1. The van der Waals surface area contributed by atoms with Crippen LogP contribution in [-0.4, -0.2) is 42.4 Å². The third kappa shape index (κ3) is 4.83. The van der Waals surface area contributed by atoms with Gasteiger partial charge in [-0.15, -0.1) is 0 Å². The first-order valence-corrected chi connectivity index (χ1v) is 10.6. The number of fused-ring (bicyclic) bond motifs is 1. The summed E-state index contributed by atoms with van der Waals surface area (Å²) in [6.07, 6.45) is -0.637. The molecule has 0 saturated carbocycles. The van der Waals surface area contributed by atoms with E-state index in [0.29, 0.717) is 16.8 Å². The second kappa shape index (κ2) is 8.60. The Bertz CT molecular complexity index is 1040. The van der Waals surface area contributed by atoms with E-state index in [9.17, 15) is 20.0 Å². The van der Waals surface area contributed by atoms with Crippen LogP contribution in [0.3, 0.4) is 0 Å². The number of carboxylic acids is 1. The summed E-state index contributed by atoms with van der Waals surface area (Å²) >= 11 is 3.41. The molecule has 1 amide bonds. The van der Waals surface area contributed by atoms with Crippen molar-refractivity contribution in [3.8, 4) is 6.07 Å². The molecule has 0 spiro atoms. The van der Waals surface area contributed by atoms with Gasteiger partial charge in [-0.2, -0.15) is 5.26 Å². The summed E-state index contributed by atoms with van der Waals surface area (Å²) in [6, 6.07) is 13.7. The fourth-order valence-corrected chi connectivity index (χ4v) is 4.00. The molecule has 162 valence electrons. The fourth-order valence-electron chi connectivity index (χ4n) is 3.73. The summed E-state index contributed by atoms with van der Waals surface area (Å²) in [6.45, 7) is 5.52. The summed E-state index contributed by atoms with van der Waals surface area (Å²) in [5, 5.41) is 19.4. The van der Waals surface area contributed by atoms with Crippen molar-refractivity contribution in [2.75, 3.05) is 23.4 Å². The van der Waals surface area contributed by atoms with Crippen molar-refractivity contribution in [3.63, 3.8) is 0 Å². The number of hydrogen-bond donors (Lipinski definition) is 1. The van der Waals surface area contributed by atoms with Gasteiger partial charge in [0.2, 0.25) is 0 Å². The molecule has 2 atom stereocenters. The van der Waals surface area contributed by atoms with Crippen LogP contribution in [0.4, 0.5) is 16.2 Å². The van der Waals surface area contributed by atoms with Gasteiger partial charge in [-0.05, 0) is 62.7 Å². The lowest BCUT2D eigenvalue weighted by molar-refractivity contribution is -0.139. The molecule has 1 N–H and O–H groups in total. The number of aliphatic carboxylic acids is 1. The van der Waals surface area contributed by atoms with Gasteiger partial charge in [0, 0.05) is 23.8 Å². The van der Waals surface area contributed by atoms with E-state index in [-0.39, 0.29) is 6.54 Å². The summed E-state index contributed by atoms with van der Waals surface area (Å²) in [5.41, 5.74) is 1.36. The lowest BCUT2D eigenvalue weighted by atomic mass is 9.94. The number of ether oxygens (including phenoxy) is 1. The zero-order valence-corrected chi connectivity index (χ0v) is 19.4. The first-order chi connectivity index (χ1) is 14.5. The first-order valence-electron chi connectivity index (χ1n) is 9.77. The average Bonchev–Trinajstić information content (AvgIpc) is 3.00. The molecule has 0 aliphatic carbocycles. The molecule has 1 aliphatic rings. The van der Waals surface area contributed by atoms with Gasteiger partial charge in [-0.1, -0.05) is 22.0 Å². The number of rotatable bonds is 4. The Hall–Kier alpha value is -3.05. The van der Waals surface area contributed by atoms with Crippen LogP contribution in [0.5, 0.6) is 0 Å². The molecule has 2 aromatic carbocycles. The van der Waals surface area contributed by atoms with Gasteiger partial charge in [-0.25, -0.2) is 4.79 Å². The summed E-state index contributed by atoms with van der Waals surface area (Å²) in [4.78, 5) is 28.7. The van der Waals surface area contributed by atoms with Crippen LogP contribution in [0.25, 0.3) is 0 Å². The van der Waals surface area contributed by atoms with Gasteiger partial charge in [-0.3, -0.25) is 9.69 Å². The van der Waals surface area contributed by atoms with Gasteiger partial charge in [0.1, 0.15) is 11.5 Å². The number of nitrogens with zero attached hydrogens (tertiary/aromatic N) is 3. The van der Waals surface area contributed by atoms with Crippen LogP contribution in [0, 0.1) is 11.3 Å². The van der Waals surface area contributed by atoms with Crippen LogP contribution in [0.2, 0.25) is 0 Å². The Labute approximate surface area is 190 Å². The molecule has 3 rings (SSSR count). The van der Waals surface area contributed by atoms with E-state index in [1.807, 2.05) is 36.2 Å². The molecule has 2 unspecified atom stereocenters. The molecular formula is C23H24BrN3O4. The number of amides is 1. The molecule has 0 bridgehead atoms. The van der Waals surface area contributed by atoms with E-state index in [1.54, 1.807) is 39.0 Å². The fraction of sp³-hybridized carbons (Fsp3) is 0.348. The van der Waals surface area contributed by atoms with Gasteiger partial charge in [0.15, 0.2) is 0 Å². The van der Waals surface area contributed by atoms with E-state index in [1.165, 1.54) is 4.90 Å². The number of anilines is 2. The quantitative estimate of drug-likeness (QED) is 0.671. The van der Waals surface area contributed by atoms with Crippen molar-refractivity contribution in [1.29, 1.82) is 5.26 Å². The van der Waals surface area contributed by atoms with Gasteiger partial charge < -0.3 is 14.7 Å². The third-order valence-electron chi connectivity index (χ3n) is 5.06. The number of benzene rings is 2. The van der Waals surface area contributed by atoms with Crippen LogP contribution in [-0.2, 0) is 9.53 Å². The minimum atomic E-state index is -1.04. The summed E-state index contributed by atoms with van der Waals surface area (Å²) in [5.74, 6) is -1.99. The molecule has 31 heavy (non-hydrogen) atoms. The van der Waals surface area contributed by atoms with E-state index in [2.05, 4.69) is 22.0 Å². The molecule has 8 heteroatoms. The highest BCUT2D eigenvalue weighted by Gasteiger charge is 2.47. The Balaban J connectivity index is 2.05. The Morgan fingerprint density at radius 1 is 1.23 bits per heavy atom. The number of carbonyl (C=O) groups excluding carboxylic acids is 1. The van der Waals surface area contributed by atoms with E-state index < -0.39 is 29.6 Å². The zero-order valence-electron chi connectivity index (χ0n) is 17.8. The van der Waals surface area contributed by atoms with Gasteiger partial charge in [0.25, 0.3) is 0 Å². The minimum absolute atomic E-state index is 0.258. The Morgan fingerprint density at radius 3 is 2.42 bits per heavy atom. The highest BCUT2D eigenvalue weighted by molar-refractivity contribution is 9.10. The molecule has 0 fully saturated rings. The lowest BCUT2D eigenvalue weighted by Crippen LogP contribution is -2.49. The van der Waals surface area contributed by atoms with Crippen molar-refractivity contribution < 1.29 is 19.4 Å². The average molecular weight is 486 g/mol. The summed E-state index contributed by atoms with van der Waals surface area (Å²) in [7, 11) is 1.85. The van der Waals surface area contributed by atoms with Crippen LogP contribution in [0.15, 0.2) is 46.9 Å². The molecule has 0 saturated heterocycles. The second-order valence-electron chi connectivity index (χ2n) is 8.48. The van der Waals surface area contributed by atoms with Gasteiger partial charge in [0.05, 0.1) is 23.4 Å². The van der Waals surface area contributed by atoms with Crippen LogP contribution < -0.4 is 9.80 Å². The molecule has 0 radical (unpaired) electrons. The predicted octanol–water partition coefficient (Wildman–Crippen LogP) is 4.75. The minimum Gasteiger partial charge on any atom is -0.481 e. The van der Waals surface area contributed by atoms with Crippen molar-refractivity contribution >= 4 is 39.4 Å². The largest absolute Gasteiger partial charge is 0.481 e. The van der Waals surface area contributed by atoms with Crippen LogP contribution in [0.1, 0.15) is 37.8 Å². The number of likely N-dealkylation sites (N-methyl/N-ethyl adjacent to an activating group) is 1. The highest BCUT2D eigenvalue weighted by Crippen LogP contribution is 2.43. The molecule has 1 aliphatic heterocycles. The normalized spacial score (nSPS) is 17.6. The zero-order chi connectivity index (χ0) is 22.9. The molecule has 2 aromatic rings. The number of halogens is 1. The first kappa shape index (κ1) is 22.6. The topological polar surface area (TPSA) is 93.9 Å². The smallest absolute Gasteiger partial charge is 0.415 e. The third-order valence-corrected chi connectivity index (χ3v) is 5.58. The molecule has 1 heterocycles. The molecule has 0 aromatic heterocycles. The van der Waals surface area contributed by atoms with Crippen molar-refractivity contribution in [1.82, 2.24) is 0 Å². The number of hydrogen-bond acceptors (Lipinski definition) is 5. The van der Waals surface area contributed by atoms with Crippen LogP contribution >= 0.6 is 15.9 Å². The predicted molar refractivity (Wildman–Crippen MR) is 121 cm³/mol. The van der Waals surface area contributed by atoms with E-state index >= 15 is 0 Å². The SMILES string of the molecule is CN(CC1C(C(=O)O)c2ccc(C#N)cc2N1C(=O)OC(C)(C)C)c1ccc(Br)cc1. The Morgan fingerprint density at radius 2 is 1.87 bits per heavy atom. The second-order valence-corrected chi connectivity index (χ2v) is 9.39. The van der Waals surface area contributed by atoms with E-state index in [0.717, 1.165) is 10.2 Å². The Kier molecular flexibility index (Phi) is 6.27.